The fraction of sp³-hybridized carbons (Fsp3) is 0.647. The van der Waals surface area contributed by atoms with Gasteiger partial charge in [-0.1, -0.05) is 24.6 Å². The van der Waals surface area contributed by atoms with E-state index in [0.29, 0.717) is 18.1 Å². The number of nitrogens with one attached hydrogen (secondary N) is 1. The van der Waals surface area contributed by atoms with E-state index in [0.717, 1.165) is 19.6 Å². The lowest BCUT2D eigenvalue weighted by molar-refractivity contribution is 0.117. The molecule has 1 fully saturated rings. The monoisotopic (exact) mass is 261 g/mol. The maximum atomic E-state index is 5.78. The Bertz CT molecular complexity index is 418. The van der Waals surface area contributed by atoms with Crippen molar-refractivity contribution in [2.75, 3.05) is 13.2 Å². The molecule has 1 saturated heterocycles. The maximum absolute atomic E-state index is 5.78. The van der Waals surface area contributed by atoms with Crippen LogP contribution in [0.3, 0.4) is 0 Å². The number of rotatable bonds is 4. The van der Waals surface area contributed by atoms with Gasteiger partial charge >= 0.3 is 0 Å². The van der Waals surface area contributed by atoms with Gasteiger partial charge in [-0.05, 0) is 57.4 Å². The first-order valence-electron chi connectivity index (χ1n) is 7.45. The van der Waals surface area contributed by atoms with Gasteiger partial charge in [-0.25, -0.2) is 0 Å². The Morgan fingerprint density at radius 3 is 2.37 bits per heavy atom. The van der Waals surface area contributed by atoms with Crippen LogP contribution in [-0.4, -0.2) is 19.3 Å². The van der Waals surface area contributed by atoms with Gasteiger partial charge in [0.15, 0.2) is 0 Å². The molecule has 106 valence electrons. The van der Waals surface area contributed by atoms with Gasteiger partial charge in [-0.15, -0.1) is 0 Å². The normalized spacial score (nSPS) is 24.7. The molecule has 1 N–H and O–H groups in total. The Balaban J connectivity index is 2.33. The van der Waals surface area contributed by atoms with Crippen molar-refractivity contribution in [2.45, 2.75) is 53.2 Å². The lowest BCUT2D eigenvalue weighted by Crippen LogP contribution is -2.30. The highest BCUT2D eigenvalue weighted by Gasteiger charge is 2.31. The molecule has 3 unspecified atom stereocenters. The van der Waals surface area contributed by atoms with Crippen molar-refractivity contribution in [1.29, 1.82) is 0 Å². The predicted molar refractivity (Wildman–Crippen MR) is 80.6 cm³/mol. The van der Waals surface area contributed by atoms with Crippen LogP contribution in [0.25, 0.3) is 0 Å². The summed E-state index contributed by atoms with van der Waals surface area (Å²) in [5.74, 6) is 0.593. The second-order valence-corrected chi connectivity index (χ2v) is 5.99. The topological polar surface area (TPSA) is 21.3 Å². The van der Waals surface area contributed by atoms with Crippen LogP contribution >= 0.6 is 0 Å². The third kappa shape index (κ3) is 3.18. The van der Waals surface area contributed by atoms with Crippen molar-refractivity contribution in [1.82, 2.24) is 5.32 Å². The summed E-state index contributed by atoms with van der Waals surface area (Å²) in [4.78, 5) is 0. The predicted octanol–water partition coefficient (Wildman–Crippen LogP) is 3.69. The van der Waals surface area contributed by atoms with Crippen LogP contribution in [0.1, 0.15) is 48.6 Å². The molecule has 0 spiro atoms. The van der Waals surface area contributed by atoms with E-state index in [1.54, 1.807) is 0 Å². The lowest BCUT2D eigenvalue weighted by atomic mass is 9.85. The molecule has 2 nitrogen and oxygen atoms in total. The number of hydrogen-bond acceptors (Lipinski definition) is 2. The van der Waals surface area contributed by atoms with E-state index in [1.807, 2.05) is 0 Å². The first-order valence-corrected chi connectivity index (χ1v) is 7.45. The van der Waals surface area contributed by atoms with Crippen LogP contribution in [-0.2, 0) is 4.74 Å². The summed E-state index contributed by atoms with van der Waals surface area (Å²) in [6, 6.07) is 5.02. The van der Waals surface area contributed by atoms with E-state index in [9.17, 15) is 0 Å². The Labute approximate surface area is 117 Å². The number of aryl methyl sites for hydroxylation is 3. The standard InChI is InChI=1S/C17H27NO/c1-6-18-17(15-9-14(5)19-10-15)16-12(3)7-11(2)8-13(16)4/h7-8,14-15,17-18H,6,9-10H2,1-5H3. The molecule has 1 aromatic carbocycles. The highest BCUT2D eigenvalue weighted by molar-refractivity contribution is 5.40. The molecule has 2 rings (SSSR count). The van der Waals surface area contributed by atoms with E-state index < -0.39 is 0 Å². The first-order chi connectivity index (χ1) is 9.02. The fourth-order valence-electron chi connectivity index (χ4n) is 3.49. The Morgan fingerprint density at radius 1 is 1.26 bits per heavy atom. The molecule has 19 heavy (non-hydrogen) atoms. The van der Waals surface area contributed by atoms with Gasteiger partial charge < -0.3 is 10.1 Å². The van der Waals surface area contributed by atoms with Crippen molar-refractivity contribution in [2.24, 2.45) is 5.92 Å². The molecular formula is C17H27NO. The molecule has 0 bridgehead atoms. The van der Waals surface area contributed by atoms with Gasteiger partial charge in [-0.2, -0.15) is 0 Å². The summed E-state index contributed by atoms with van der Waals surface area (Å²) in [6.07, 6.45) is 1.56. The van der Waals surface area contributed by atoms with Crippen LogP contribution in [0.5, 0.6) is 0 Å². The molecule has 3 atom stereocenters. The molecule has 0 saturated carbocycles. The summed E-state index contributed by atoms with van der Waals surface area (Å²) < 4.78 is 5.78. The number of benzene rings is 1. The van der Waals surface area contributed by atoms with Crippen LogP contribution in [0.2, 0.25) is 0 Å². The first kappa shape index (κ1) is 14.5. The SMILES string of the molecule is CCNC(c1c(C)cc(C)cc1C)C1COC(C)C1. The molecule has 1 aliphatic heterocycles. The number of hydrogen-bond donors (Lipinski definition) is 1. The van der Waals surface area contributed by atoms with Gasteiger partial charge in [0.25, 0.3) is 0 Å². The van der Waals surface area contributed by atoms with Gasteiger partial charge in [0.2, 0.25) is 0 Å². The van der Waals surface area contributed by atoms with Gasteiger partial charge in [0.1, 0.15) is 0 Å². The summed E-state index contributed by atoms with van der Waals surface area (Å²) in [7, 11) is 0. The molecule has 1 heterocycles. The summed E-state index contributed by atoms with van der Waals surface area (Å²) in [5, 5.41) is 3.68. The van der Waals surface area contributed by atoms with Crippen LogP contribution in [0.15, 0.2) is 12.1 Å². The highest BCUT2D eigenvalue weighted by Crippen LogP contribution is 2.35. The lowest BCUT2D eigenvalue weighted by Gasteiger charge is -2.27. The molecule has 1 aromatic rings. The van der Waals surface area contributed by atoms with Crippen molar-refractivity contribution < 1.29 is 4.74 Å². The summed E-state index contributed by atoms with van der Waals surface area (Å²) in [6.45, 7) is 12.9. The summed E-state index contributed by atoms with van der Waals surface area (Å²) >= 11 is 0. The third-order valence-electron chi connectivity index (χ3n) is 4.17. The smallest absolute Gasteiger partial charge is 0.0551 e. The van der Waals surface area contributed by atoms with Crippen molar-refractivity contribution in [3.05, 3.63) is 34.4 Å². The minimum absolute atomic E-state index is 0.400. The van der Waals surface area contributed by atoms with Gasteiger partial charge in [0, 0.05) is 12.0 Å². The number of ether oxygens (including phenoxy) is 1. The maximum Gasteiger partial charge on any atom is 0.0551 e. The Kier molecular flexibility index (Phi) is 4.64. The zero-order valence-electron chi connectivity index (χ0n) is 12.9. The van der Waals surface area contributed by atoms with E-state index in [4.69, 9.17) is 4.74 Å². The van der Waals surface area contributed by atoms with E-state index in [-0.39, 0.29) is 0 Å². The molecule has 0 radical (unpaired) electrons. The second-order valence-electron chi connectivity index (χ2n) is 5.99. The summed E-state index contributed by atoms with van der Waals surface area (Å²) in [5.41, 5.74) is 5.64. The van der Waals surface area contributed by atoms with Crippen molar-refractivity contribution >= 4 is 0 Å². The van der Waals surface area contributed by atoms with Crippen LogP contribution < -0.4 is 5.32 Å². The minimum atomic E-state index is 0.400. The molecule has 1 aliphatic rings. The molecule has 0 amide bonds. The van der Waals surface area contributed by atoms with Crippen molar-refractivity contribution in [3.63, 3.8) is 0 Å². The van der Waals surface area contributed by atoms with E-state index in [2.05, 4.69) is 52.1 Å². The Hall–Kier alpha value is -0.860. The average Bonchev–Trinajstić information content (AvgIpc) is 2.73. The quantitative estimate of drug-likeness (QED) is 0.892. The van der Waals surface area contributed by atoms with Gasteiger partial charge in [0.05, 0.1) is 12.7 Å². The second kappa shape index (κ2) is 6.06. The highest BCUT2D eigenvalue weighted by atomic mass is 16.5. The minimum Gasteiger partial charge on any atom is -0.378 e. The molecule has 0 aliphatic carbocycles. The van der Waals surface area contributed by atoms with Crippen molar-refractivity contribution in [3.8, 4) is 0 Å². The zero-order valence-corrected chi connectivity index (χ0v) is 12.9. The third-order valence-corrected chi connectivity index (χ3v) is 4.17. The van der Waals surface area contributed by atoms with Gasteiger partial charge in [-0.3, -0.25) is 0 Å². The van der Waals surface area contributed by atoms with E-state index >= 15 is 0 Å². The molecular weight excluding hydrogens is 234 g/mol. The molecule has 2 heteroatoms. The zero-order chi connectivity index (χ0) is 14.0. The van der Waals surface area contributed by atoms with Crippen LogP contribution in [0.4, 0.5) is 0 Å². The Morgan fingerprint density at radius 2 is 1.89 bits per heavy atom. The van der Waals surface area contributed by atoms with E-state index in [1.165, 1.54) is 22.3 Å². The average molecular weight is 261 g/mol. The van der Waals surface area contributed by atoms with Crippen LogP contribution in [0, 0.1) is 26.7 Å². The fourth-order valence-corrected chi connectivity index (χ4v) is 3.49. The molecule has 0 aromatic heterocycles. The largest absolute Gasteiger partial charge is 0.378 e.